The molecule has 0 saturated carbocycles. The van der Waals surface area contributed by atoms with Crippen LogP contribution in [-0.2, 0) is 4.79 Å². The van der Waals surface area contributed by atoms with E-state index in [0.717, 1.165) is 21.0 Å². The zero-order valence-electron chi connectivity index (χ0n) is 15.3. The molecule has 2 aromatic carbocycles. The van der Waals surface area contributed by atoms with Gasteiger partial charge in [-0.2, -0.15) is 0 Å². The van der Waals surface area contributed by atoms with E-state index >= 15 is 0 Å². The third kappa shape index (κ3) is 2.99. The van der Waals surface area contributed by atoms with Crippen molar-refractivity contribution in [2.24, 2.45) is 0 Å². The Kier molecular flexibility index (Phi) is 4.52. The lowest BCUT2D eigenvalue weighted by Crippen LogP contribution is -2.45. The quantitative estimate of drug-likeness (QED) is 0.687. The van der Waals surface area contributed by atoms with Crippen molar-refractivity contribution in [2.45, 2.75) is 19.9 Å². The van der Waals surface area contributed by atoms with Gasteiger partial charge in [-0.15, -0.1) is 11.3 Å². The summed E-state index contributed by atoms with van der Waals surface area (Å²) < 4.78 is 0. The molecule has 3 aromatic rings. The number of amides is 3. The zero-order valence-corrected chi connectivity index (χ0v) is 16.1. The zero-order chi connectivity index (χ0) is 19.8. The molecule has 4 rings (SSSR count). The van der Waals surface area contributed by atoms with Gasteiger partial charge in [0.05, 0.1) is 16.8 Å². The predicted octanol–water partition coefficient (Wildman–Crippen LogP) is 3.74. The van der Waals surface area contributed by atoms with Crippen molar-refractivity contribution < 1.29 is 14.4 Å². The predicted molar refractivity (Wildman–Crippen MR) is 107 cm³/mol. The first-order valence-corrected chi connectivity index (χ1v) is 9.59. The molecule has 2 heterocycles. The number of thiazole rings is 1. The van der Waals surface area contributed by atoms with Crippen LogP contribution in [0.3, 0.4) is 0 Å². The van der Waals surface area contributed by atoms with Gasteiger partial charge in [0.25, 0.3) is 11.8 Å². The number of anilines is 1. The van der Waals surface area contributed by atoms with E-state index in [2.05, 4.69) is 10.3 Å². The van der Waals surface area contributed by atoms with E-state index in [-0.39, 0.29) is 0 Å². The monoisotopic (exact) mass is 391 g/mol. The number of carbonyl (C=O) groups is 3. The first-order chi connectivity index (χ1) is 13.5. The van der Waals surface area contributed by atoms with Crippen LogP contribution < -0.4 is 5.32 Å². The Labute approximate surface area is 165 Å². The van der Waals surface area contributed by atoms with Gasteiger partial charge in [-0.25, -0.2) is 4.98 Å². The first kappa shape index (κ1) is 18.1. The van der Waals surface area contributed by atoms with Gasteiger partial charge in [0.15, 0.2) is 5.13 Å². The summed E-state index contributed by atoms with van der Waals surface area (Å²) in [4.78, 5) is 44.3. The highest BCUT2D eigenvalue weighted by Gasteiger charge is 2.40. The van der Waals surface area contributed by atoms with Crippen LogP contribution in [0.2, 0.25) is 0 Å². The second-order valence-electron chi connectivity index (χ2n) is 6.48. The van der Waals surface area contributed by atoms with Crippen molar-refractivity contribution in [3.05, 3.63) is 70.6 Å². The Morgan fingerprint density at radius 1 is 1.00 bits per heavy atom. The molecule has 1 N–H and O–H groups in total. The molecule has 7 heteroatoms. The average Bonchev–Trinajstić information content (AvgIpc) is 3.19. The molecule has 1 aromatic heterocycles. The van der Waals surface area contributed by atoms with E-state index in [1.165, 1.54) is 18.3 Å². The number of benzene rings is 2. The molecule has 0 unspecified atom stereocenters. The smallest absolute Gasteiger partial charge is 0.262 e. The molecule has 0 radical (unpaired) electrons. The minimum atomic E-state index is -0.947. The maximum absolute atomic E-state index is 12.7. The van der Waals surface area contributed by atoms with E-state index < -0.39 is 23.8 Å². The molecule has 0 saturated heterocycles. The molecule has 0 bridgehead atoms. The summed E-state index contributed by atoms with van der Waals surface area (Å²) in [5, 5.41) is 3.17. The molecule has 6 nitrogen and oxygen atoms in total. The molecule has 3 amide bonds. The third-order valence-electron chi connectivity index (χ3n) is 4.67. The molecule has 1 aliphatic heterocycles. The number of imide groups is 1. The fourth-order valence-electron chi connectivity index (χ4n) is 3.20. The van der Waals surface area contributed by atoms with Crippen molar-refractivity contribution in [3.63, 3.8) is 0 Å². The number of carbonyl (C=O) groups excluding carboxylic acids is 3. The standard InChI is InChI=1S/C21H17N3O3S/c1-12(24-19(26)15-10-6-7-11-16(15)20(24)27)18(25)23-21-22-17(13(2)28-21)14-8-4-3-5-9-14/h3-12H,1-2H3,(H,22,23,25)/t12-/m0/s1. The van der Waals surface area contributed by atoms with Crippen molar-refractivity contribution >= 4 is 34.2 Å². The lowest BCUT2D eigenvalue weighted by molar-refractivity contribution is -0.119. The largest absolute Gasteiger partial charge is 0.300 e. The lowest BCUT2D eigenvalue weighted by atomic mass is 10.1. The summed E-state index contributed by atoms with van der Waals surface area (Å²) in [5.41, 5.74) is 2.41. The summed E-state index contributed by atoms with van der Waals surface area (Å²) in [6.45, 7) is 3.47. The third-order valence-corrected chi connectivity index (χ3v) is 5.55. The maximum atomic E-state index is 12.7. The Morgan fingerprint density at radius 2 is 1.57 bits per heavy atom. The summed E-state index contributed by atoms with van der Waals surface area (Å²) in [7, 11) is 0. The maximum Gasteiger partial charge on any atom is 0.262 e. The highest BCUT2D eigenvalue weighted by atomic mass is 32.1. The van der Waals surface area contributed by atoms with Crippen LogP contribution >= 0.6 is 11.3 Å². The van der Waals surface area contributed by atoms with Crippen LogP contribution in [-0.4, -0.2) is 33.6 Å². The van der Waals surface area contributed by atoms with Crippen LogP contribution in [0.1, 0.15) is 32.5 Å². The van der Waals surface area contributed by atoms with Crippen LogP contribution in [0.25, 0.3) is 11.3 Å². The van der Waals surface area contributed by atoms with Crippen LogP contribution in [0, 0.1) is 6.92 Å². The number of nitrogens with one attached hydrogen (secondary N) is 1. The minimum absolute atomic E-state index is 0.323. The van der Waals surface area contributed by atoms with Crippen molar-refractivity contribution in [1.29, 1.82) is 0 Å². The van der Waals surface area contributed by atoms with Crippen molar-refractivity contribution in [1.82, 2.24) is 9.88 Å². The van der Waals surface area contributed by atoms with Crippen LogP contribution in [0.15, 0.2) is 54.6 Å². The van der Waals surface area contributed by atoms with E-state index in [0.29, 0.717) is 16.3 Å². The minimum Gasteiger partial charge on any atom is -0.300 e. The summed E-state index contributed by atoms with van der Waals surface area (Å²) in [5.74, 6) is -1.37. The molecular weight excluding hydrogens is 374 g/mol. The van der Waals surface area contributed by atoms with Crippen LogP contribution in [0.5, 0.6) is 0 Å². The Morgan fingerprint density at radius 3 is 2.18 bits per heavy atom. The van der Waals surface area contributed by atoms with E-state index in [4.69, 9.17) is 0 Å². The van der Waals surface area contributed by atoms with E-state index in [1.807, 2.05) is 37.3 Å². The number of aryl methyl sites for hydroxylation is 1. The van der Waals surface area contributed by atoms with Gasteiger partial charge < -0.3 is 5.32 Å². The molecule has 28 heavy (non-hydrogen) atoms. The van der Waals surface area contributed by atoms with Gasteiger partial charge in [0, 0.05) is 10.4 Å². The SMILES string of the molecule is Cc1sc(NC(=O)[C@H](C)N2C(=O)c3ccccc3C2=O)nc1-c1ccccc1. The second-order valence-corrected chi connectivity index (χ2v) is 7.68. The van der Waals surface area contributed by atoms with Gasteiger partial charge in [-0.3, -0.25) is 19.3 Å². The van der Waals surface area contributed by atoms with E-state index in [9.17, 15) is 14.4 Å². The van der Waals surface area contributed by atoms with Gasteiger partial charge in [-0.05, 0) is 26.0 Å². The number of aromatic nitrogens is 1. The molecule has 1 aliphatic rings. The van der Waals surface area contributed by atoms with Gasteiger partial charge in [0.2, 0.25) is 5.91 Å². The van der Waals surface area contributed by atoms with Crippen LogP contribution in [0.4, 0.5) is 5.13 Å². The van der Waals surface area contributed by atoms with Crippen molar-refractivity contribution in [3.8, 4) is 11.3 Å². The summed E-state index contributed by atoms with van der Waals surface area (Å²) in [6, 6.07) is 15.3. The Balaban J connectivity index is 1.54. The fraction of sp³-hybridized carbons (Fsp3) is 0.143. The summed E-state index contributed by atoms with van der Waals surface area (Å²) in [6.07, 6.45) is 0. The van der Waals surface area contributed by atoms with Crippen molar-refractivity contribution in [2.75, 3.05) is 5.32 Å². The fourth-order valence-corrected chi connectivity index (χ4v) is 4.04. The molecule has 0 fully saturated rings. The van der Waals surface area contributed by atoms with E-state index in [1.54, 1.807) is 24.3 Å². The topological polar surface area (TPSA) is 79.4 Å². The highest BCUT2D eigenvalue weighted by molar-refractivity contribution is 7.16. The van der Waals surface area contributed by atoms with Gasteiger partial charge in [-0.1, -0.05) is 42.5 Å². The number of rotatable bonds is 4. The normalized spacial score (nSPS) is 14.1. The number of hydrogen-bond acceptors (Lipinski definition) is 5. The number of fused-ring (bicyclic) bond motifs is 1. The van der Waals surface area contributed by atoms with Gasteiger partial charge in [0.1, 0.15) is 6.04 Å². The molecular formula is C21H17N3O3S. The lowest BCUT2D eigenvalue weighted by Gasteiger charge is -2.21. The Hall–Kier alpha value is -3.32. The molecule has 0 spiro atoms. The average molecular weight is 391 g/mol. The Bertz CT molecular complexity index is 1060. The van der Waals surface area contributed by atoms with Gasteiger partial charge >= 0.3 is 0 Å². The number of hydrogen-bond donors (Lipinski definition) is 1. The highest BCUT2D eigenvalue weighted by Crippen LogP contribution is 2.31. The molecule has 140 valence electrons. The summed E-state index contributed by atoms with van der Waals surface area (Å²) >= 11 is 1.35. The molecule has 0 aliphatic carbocycles. The number of nitrogens with zero attached hydrogens (tertiary/aromatic N) is 2. The first-order valence-electron chi connectivity index (χ1n) is 8.78. The molecule has 1 atom stereocenters. The second kappa shape index (κ2) is 7.01.